The molecular weight excluding hydrogens is 258 g/mol. The van der Waals surface area contributed by atoms with Crippen molar-refractivity contribution in [2.75, 3.05) is 0 Å². The Balaban J connectivity index is 1.83. The third kappa shape index (κ3) is 3.29. The summed E-state index contributed by atoms with van der Waals surface area (Å²) in [6.07, 6.45) is 4.64. The first kappa shape index (κ1) is 13.4. The predicted molar refractivity (Wildman–Crippen MR) is 85.6 cm³/mol. The van der Waals surface area contributed by atoms with Gasteiger partial charge in [-0.15, -0.1) is 0 Å². The lowest BCUT2D eigenvalue weighted by Gasteiger charge is -2.08. The molecule has 1 aromatic heterocycles. The first-order valence-electron chi connectivity index (χ1n) is 7.12. The molecule has 3 aromatic rings. The van der Waals surface area contributed by atoms with Gasteiger partial charge >= 0.3 is 0 Å². The highest BCUT2D eigenvalue weighted by atomic mass is 16.5. The van der Waals surface area contributed by atoms with E-state index in [0.29, 0.717) is 0 Å². The third-order valence-corrected chi connectivity index (χ3v) is 3.41. The van der Waals surface area contributed by atoms with E-state index in [9.17, 15) is 0 Å². The van der Waals surface area contributed by atoms with Gasteiger partial charge in [0.25, 0.3) is 0 Å². The Hall–Kier alpha value is -2.61. The van der Waals surface area contributed by atoms with Crippen LogP contribution >= 0.6 is 0 Å². The maximum Gasteiger partial charge on any atom is 0.128 e. The van der Waals surface area contributed by atoms with E-state index >= 15 is 0 Å². The molecule has 0 unspecified atom stereocenters. The third-order valence-electron chi connectivity index (χ3n) is 3.41. The van der Waals surface area contributed by atoms with Gasteiger partial charge in [0.05, 0.1) is 0 Å². The molecular formula is C19H17NO. The van der Waals surface area contributed by atoms with Gasteiger partial charge in [-0.2, -0.15) is 0 Å². The molecule has 0 amide bonds. The number of nitrogens with zero attached hydrogens (tertiary/aromatic N) is 1. The fraction of sp³-hybridized carbons (Fsp3) is 0.105. The van der Waals surface area contributed by atoms with Crippen LogP contribution in [0, 0.1) is 0 Å². The predicted octanol–water partition coefficient (Wildman–Crippen LogP) is 5.10. The van der Waals surface area contributed by atoms with Crippen LogP contribution in [0.25, 0.3) is 11.1 Å². The Bertz CT molecular complexity index is 705. The van der Waals surface area contributed by atoms with Crippen LogP contribution in [0.4, 0.5) is 0 Å². The molecule has 0 aliphatic rings. The molecule has 21 heavy (non-hydrogen) atoms. The Labute approximate surface area is 125 Å². The van der Waals surface area contributed by atoms with Crippen molar-refractivity contribution >= 4 is 0 Å². The number of benzene rings is 2. The van der Waals surface area contributed by atoms with Crippen molar-refractivity contribution in [1.29, 1.82) is 0 Å². The van der Waals surface area contributed by atoms with Gasteiger partial charge < -0.3 is 4.74 Å². The number of ether oxygens (including phenoxy) is 1. The molecule has 2 aromatic carbocycles. The van der Waals surface area contributed by atoms with Gasteiger partial charge in [-0.25, -0.2) is 0 Å². The normalized spacial score (nSPS) is 10.3. The standard InChI is InChI=1S/C19H17NO/c1-2-15-6-8-18(9-7-15)21-19-5-3-4-17(14-19)16-10-12-20-13-11-16/h3-14H,2H2,1H3. The van der Waals surface area contributed by atoms with Crippen molar-refractivity contribution in [2.45, 2.75) is 13.3 Å². The fourth-order valence-electron chi connectivity index (χ4n) is 2.21. The van der Waals surface area contributed by atoms with Crippen LogP contribution in [0.1, 0.15) is 12.5 Å². The summed E-state index contributed by atoms with van der Waals surface area (Å²) in [6.45, 7) is 2.15. The lowest BCUT2D eigenvalue weighted by atomic mass is 10.1. The summed E-state index contributed by atoms with van der Waals surface area (Å²) in [6, 6.07) is 20.3. The highest BCUT2D eigenvalue weighted by Gasteiger charge is 2.01. The van der Waals surface area contributed by atoms with Gasteiger partial charge in [-0.05, 0) is 59.5 Å². The molecule has 3 rings (SSSR count). The van der Waals surface area contributed by atoms with E-state index in [4.69, 9.17) is 4.74 Å². The molecule has 0 N–H and O–H groups in total. The molecule has 2 nitrogen and oxygen atoms in total. The second-order valence-electron chi connectivity index (χ2n) is 4.86. The van der Waals surface area contributed by atoms with Crippen molar-refractivity contribution in [3.8, 4) is 22.6 Å². The smallest absolute Gasteiger partial charge is 0.128 e. The minimum Gasteiger partial charge on any atom is -0.457 e. The topological polar surface area (TPSA) is 22.1 Å². The number of hydrogen-bond acceptors (Lipinski definition) is 2. The molecule has 0 aliphatic heterocycles. The Morgan fingerprint density at radius 1 is 0.810 bits per heavy atom. The van der Waals surface area contributed by atoms with Crippen molar-refractivity contribution in [3.05, 3.63) is 78.6 Å². The SMILES string of the molecule is CCc1ccc(Oc2cccc(-c3ccncc3)c2)cc1. The zero-order chi connectivity index (χ0) is 14.5. The average Bonchev–Trinajstić information content (AvgIpc) is 2.57. The van der Waals surface area contributed by atoms with Crippen LogP contribution in [0.2, 0.25) is 0 Å². The fourth-order valence-corrected chi connectivity index (χ4v) is 2.21. The zero-order valence-corrected chi connectivity index (χ0v) is 12.0. The minimum atomic E-state index is 0.841. The molecule has 2 heteroatoms. The van der Waals surface area contributed by atoms with Crippen LogP contribution in [-0.2, 0) is 6.42 Å². The van der Waals surface area contributed by atoms with Crippen LogP contribution in [0.15, 0.2) is 73.1 Å². The van der Waals surface area contributed by atoms with Gasteiger partial charge in [0.15, 0.2) is 0 Å². The summed E-state index contributed by atoms with van der Waals surface area (Å²) in [5, 5.41) is 0. The average molecular weight is 275 g/mol. The number of rotatable bonds is 4. The molecule has 0 radical (unpaired) electrons. The second kappa shape index (κ2) is 6.23. The largest absolute Gasteiger partial charge is 0.457 e. The first-order chi connectivity index (χ1) is 10.3. The molecule has 0 saturated carbocycles. The number of aromatic nitrogens is 1. The van der Waals surface area contributed by atoms with E-state index in [1.54, 1.807) is 12.4 Å². The summed E-state index contributed by atoms with van der Waals surface area (Å²) in [5.41, 5.74) is 3.57. The molecule has 0 spiro atoms. The van der Waals surface area contributed by atoms with Crippen molar-refractivity contribution in [1.82, 2.24) is 4.98 Å². The molecule has 1 heterocycles. The van der Waals surface area contributed by atoms with Crippen LogP contribution < -0.4 is 4.74 Å². The van der Waals surface area contributed by atoms with E-state index in [1.165, 1.54) is 5.56 Å². The Morgan fingerprint density at radius 3 is 2.29 bits per heavy atom. The van der Waals surface area contributed by atoms with Crippen LogP contribution in [-0.4, -0.2) is 4.98 Å². The molecule has 104 valence electrons. The minimum absolute atomic E-state index is 0.841. The van der Waals surface area contributed by atoms with E-state index in [-0.39, 0.29) is 0 Å². The highest BCUT2D eigenvalue weighted by Crippen LogP contribution is 2.27. The molecule has 0 bridgehead atoms. The summed E-state index contributed by atoms with van der Waals surface area (Å²) < 4.78 is 5.92. The zero-order valence-electron chi connectivity index (χ0n) is 12.0. The van der Waals surface area contributed by atoms with Gasteiger partial charge in [-0.3, -0.25) is 4.98 Å². The van der Waals surface area contributed by atoms with Crippen molar-refractivity contribution < 1.29 is 4.74 Å². The number of pyridine rings is 1. The summed E-state index contributed by atoms with van der Waals surface area (Å²) in [5.74, 6) is 1.70. The summed E-state index contributed by atoms with van der Waals surface area (Å²) >= 11 is 0. The van der Waals surface area contributed by atoms with Gasteiger partial charge in [0.2, 0.25) is 0 Å². The number of aryl methyl sites for hydroxylation is 1. The molecule has 0 fully saturated rings. The highest BCUT2D eigenvalue weighted by molar-refractivity contribution is 5.64. The Kier molecular flexibility index (Phi) is 3.97. The van der Waals surface area contributed by atoms with Gasteiger partial charge in [-0.1, -0.05) is 31.2 Å². The van der Waals surface area contributed by atoms with Gasteiger partial charge in [0, 0.05) is 12.4 Å². The second-order valence-corrected chi connectivity index (χ2v) is 4.86. The van der Waals surface area contributed by atoms with Crippen LogP contribution in [0.3, 0.4) is 0 Å². The maximum absolute atomic E-state index is 5.92. The van der Waals surface area contributed by atoms with E-state index in [1.807, 2.05) is 42.5 Å². The first-order valence-corrected chi connectivity index (χ1v) is 7.12. The molecule has 0 saturated heterocycles. The Morgan fingerprint density at radius 2 is 1.57 bits per heavy atom. The monoisotopic (exact) mass is 275 g/mol. The van der Waals surface area contributed by atoms with E-state index < -0.39 is 0 Å². The van der Waals surface area contributed by atoms with Gasteiger partial charge in [0.1, 0.15) is 11.5 Å². The summed E-state index contributed by atoms with van der Waals surface area (Å²) in [7, 11) is 0. The van der Waals surface area contributed by atoms with Crippen molar-refractivity contribution in [3.63, 3.8) is 0 Å². The maximum atomic E-state index is 5.92. The quantitative estimate of drug-likeness (QED) is 0.660. The number of hydrogen-bond donors (Lipinski definition) is 0. The van der Waals surface area contributed by atoms with E-state index in [2.05, 4.69) is 30.1 Å². The molecule has 0 atom stereocenters. The van der Waals surface area contributed by atoms with Crippen molar-refractivity contribution in [2.24, 2.45) is 0 Å². The summed E-state index contributed by atoms with van der Waals surface area (Å²) in [4.78, 5) is 4.05. The van der Waals surface area contributed by atoms with E-state index in [0.717, 1.165) is 29.0 Å². The lowest BCUT2D eigenvalue weighted by Crippen LogP contribution is -1.86. The van der Waals surface area contributed by atoms with Crippen LogP contribution in [0.5, 0.6) is 11.5 Å². The lowest BCUT2D eigenvalue weighted by molar-refractivity contribution is 0.482. The molecule has 0 aliphatic carbocycles.